The number of nitrogens with two attached hydrogens (primary N) is 1. The van der Waals surface area contributed by atoms with Crippen LogP contribution in [-0.2, 0) is 46.8 Å². The third kappa shape index (κ3) is 14.2. The van der Waals surface area contributed by atoms with E-state index in [9.17, 15) is 43.2 Å². The molecule has 2 atom stereocenters. The molecule has 18 nitrogen and oxygen atoms in total. The third-order valence-electron chi connectivity index (χ3n) is 13.3. The van der Waals surface area contributed by atoms with Crippen molar-refractivity contribution in [1.82, 2.24) is 0 Å². The van der Waals surface area contributed by atoms with Gasteiger partial charge in [-0.3, -0.25) is 18.7 Å². The maximum absolute atomic E-state index is 14.1. The fraction of sp³-hybridized carbons (Fsp3) is 0.156. The minimum absolute atomic E-state index is 0.0925. The molecule has 0 saturated heterocycles. The number of ether oxygens (including phenoxy) is 4. The largest absolute Gasteiger partial charge is 0.505 e. The zero-order chi connectivity index (χ0) is 60.0. The number of rotatable bonds is 18. The molecule has 0 saturated carbocycles. The lowest BCUT2D eigenvalue weighted by molar-refractivity contribution is -0.143. The van der Waals surface area contributed by atoms with Crippen LogP contribution < -0.4 is 25.8 Å². The highest BCUT2D eigenvalue weighted by atomic mass is 31.2. The van der Waals surface area contributed by atoms with Crippen molar-refractivity contribution in [2.75, 3.05) is 57.0 Å². The summed E-state index contributed by atoms with van der Waals surface area (Å²) in [5.74, 6) is -2.02. The third-order valence-corrected chi connectivity index (χ3v) is 16.9. The molecule has 10 aromatic carbocycles. The minimum atomic E-state index is -4.92. The van der Waals surface area contributed by atoms with E-state index in [0.717, 1.165) is 37.7 Å². The summed E-state index contributed by atoms with van der Waals surface area (Å²) in [7, 11) is -6.40. The maximum Gasteiger partial charge on any atom is 0.347 e. The highest BCUT2D eigenvalue weighted by Crippen LogP contribution is 2.62. The molecule has 2 unspecified atom stereocenters. The monoisotopic (exact) mass is 1170 g/mol. The van der Waals surface area contributed by atoms with Gasteiger partial charge in [-0.2, -0.15) is 0 Å². The molecule has 10 rings (SSSR count). The summed E-state index contributed by atoms with van der Waals surface area (Å²) in [6.45, 7) is 2.83. The smallest absolute Gasteiger partial charge is 0.347 e. The Morgan fingerprint density at radius 3 is 1.23 bits per heavy atom. The second-order valence-electron chi connectivity index (χ2n) is 18.7. The molecule has 0 aliphatic carbocycles. The average Bonchev–Trinajstić information content (AvgIpc) is 3.60. The van der Waals surface area contributed by atoms with Crippen molar-refractivity contribution in [1.29, 1.82) is 0 Å². The topological polar surface area (TPSA) is 269 Å². The van der Waals surface area contributed by atoms with Gasteiger partial charge in [0.25, 0.3) is 0 Å². The van der Waals surface area contributed by atoms with Crippen molar-refractivity contribution in [3.05, 3.63) is 205 Å². The number of aromatic hydroxyl groups is 1. The van der Waals surface area contributed by atoms with Gasteiger partial charge in [-0.15, -0.1) is 0 Å². The van der Waals surface area contributed by atoms with Gasteiger partial charge in [-0.05, 0) is 80.9 Å². The van der Waals surface area contributed by atoms with Crippen LogP contribution in [0.1, 0.15) is 36.3 Å². The predicted molar refractivity (Wildman–Crippen MR) is 326 cm³/mol. The summed E-state index contributed by atoms with van der Waals surface area (Å²) in [5.41, 5.74) is 4.15. The molecule has 84 heavy (non-hydrogen) atoms. The molecule has 7 N–H and O–H groups in total. The first-order valence-corrected chi connectivity index (χ1v) is 29.7. The molecule has 0 aliphatic rings. The highest BCUT2D eigenvalue weighted by Gasteiger charge is 2.44. The Bertz CT molecular complexity index is 4110. The number of carbonyl (C=O) groups is 4. The number of nitrogens with one attached hydrogen (secondary N) is 2. The number of benzene rings is 10. The summed E-state index contributed by atoms with van der Waals surface area (Å²) in [6.07, 6.45) is 0. The van der Waals surface area contributed by atoms with Crippen molar-refractivity contribution in [3.63, 3.8) is 0 Å². The number of esters is 2. The van der Waals surface area contributed by atoms with Crippen molar-refractivity contribution in [3.8, 4) is 17.2 Å². The van der Waals surface area contributed by atoms with E-state index in [1.54, 1.807) is 98.8 Å². The zero-order valence-electron chi connectivity index (χ0n) is 46.2. The highest BCUT2D eigenvalue weighted by molar-refractivity contribution is 7.55. The van der Waals surface area contributed by atoms with Gasteiger partial charge in [0.2, 0.25) is 11.8 Å². The van der Waals surface area contributed by atoms with Crippen molar-refractivity contribution >= 4 is 110 Å². The summed E-state index contributed by atoms with van der Waals surface area (Å²) in [4.78, 5) is 71.2. The van der Waals surface area contributed by atoms with Crippen LogP contribution in [0.2, 0.25) is 0 Å². The number of nitrogen functional groups attached to an aromatic ring is 1. The number of hydrogen-bond acceptors (Lipinski definition) is 14. The summed E-state index contributed by atoms with van der Waals surface area (Å²) >= 11 is 0. The lowest BCUT2D eigenvalue weighted by atomic mass is 10.0. The maximum atomic E-state index is 14.1. The standard InChI is InChI=1S/C29H30NO7P.C25H22NO7P.C10H9NO/c1-4-36-38(33,37-5-2)28(24-16-10-13-20-11-6-8-14-22(20)24)29(32)30-25-18-17-21-12-7-9-15-23(21)27(25)35-19-26(31)34-3;1-32-22(27)15-33-23-19-11-5-3-8-17(19)13-14-21(23)26-25(28)24(34(29,30)31)20-12-6-9-16-7-2-4-10-18(16)20;11-9-6-5-7-3-1-2-4-8(7)10(9)12/h6-18,28H,4-5,19H2,1-3H3,(H,30,32);2-14,24H,15H2,1H3,(H,26,28)(H2,29,30,31);1-6,12H,11H2. The number of hydrogen-bond donors (Lipinski definition) is 6. The van der Waals surface area contributed by atoms with E-state index in [0.29, 0.717) is 38.8 Å². The molecule has 0 aromatic heterocycles. The molecule has 432 valence electrons. The average molecular weight is 1170 g/mol. The molecule has 10 aromatic rings. The Labute approximate surface area is 483 Å². The van der Waals surface area contributed by atoms with Crippen LogP contribution >= 0.6 is 15.2 Å². The zero-order valence-corrected chi connectivity index (χ0v) is 48.0. The molecule has 0 bridgehead atoms. The normalized spacial score (nSPS) is 12.0. The Balaban J connectivity index is 0.000000183. The first kappa shape index (κ1) is 61.0. The van der Waals surface area contributed by atoms with Crippen LogP contribution in [0.4, 0.5) is 17.1 Å². The van der Waals surface area contributed by atoms with Crippen molar-refractivity contribution in [2.24, 2.45) is 0 Å². The van der Waals surface area contributed by atoms with E-state index in [2.05, 4.69) is 15.4 Å². The number of fused-ring (bicyclic) bond motifs is 5. The molecule has 0 spiro atoms. The number of carbonyl (C=O) groups excluding carboxylic acids is 4. The molecule has 0 aliphatic heterocycles. The van der Waals surface area contributed by atoms with E-state index in [4.69, 9.17) is 29.0 Å². The fourth-order valence-corrected chi connectivity index (χ4v) is 12.5. The van der Waals surface area contributed by atoms with Gasteiger partial charge < -0.3 is 59.3 Å². The Hall–Kier alpha value is -9.12. The van der Waals surface area contributed by atoms with E-state index in [1.165, 1.54) is 20.3 Å². The number of methoxy groups -OCH3 is 2. The van der Waals surface area contributed by atoms with Crippen molar-refractivity contribution < 1.29 is 71.2 Å². The second-order valence-corrected chi connectivity index (χ2v) is 22.5. The van der Waals surface area contributed by atoms with Gasteiger partial charge in [0.15, 0.2) is 36.0 Å². The number of phenolic OH excluding ortho intramolecular Hbond substituents is 1. The molecule has 0 heterocycles. The van der Waals surface area contributed by atoms with Gasteiger partial charge in [0.05, 0.1) is 44.5 Å². The Morgan fingerprint density at radius 1 is 0.464 bits per heavy atom. The van der Waals surface area contributed by atoms with Crippen LogP contribution in [0, 0.1) is 0 Å². The Kier molecular flexibility index (Phi) is 20.2. The first-order chi connectivity index (χ1) is 40.5. The summed E-state index contributed by atoms with van der Waals surface area (Å²) in [6, 6.07) is 57.7. The number of amides is 2. The SMILES string of the molecule is CCOP(=O)(OCC)C(C(=O)Nc1ccc2ccccc2c1OCC(=O)OC)c1cccc2ccccc12.COC(=O)COc1c(NC(=O)C(c2cccc3ccccc23)P(=O)(O)O)ccc2ccccc12.Nc1ccc2ccccc2c1O. The summed E-state index contributed by atoms with van der Waals surface area (Å²) < 4.78 is 58.8. The van der Waals surface area contributed by atoms with Crippen LogP contribution in [0.3, 0.4) is 0 Å². The van der Waals surface area contributed by atoms with Crippen LogP contribution in [-0.4, -0.2) is 79.3 Å². The molecule has 2 amide bonds. The van der Waals surface area contributed by atoms with Gasteiger partial charge in [0.1, 0.15) is 5.75 Å². The summed E-state index contributed by atoms with van der Waals surface area (Å²) in [5, 5.41) is 22.7. The van der Waals surface area contributed by atoms with Gasteiger partial charge in [-0.25, -0.2) is 9.59 Å². The number of anilines is 3. The molecular weight excluding hydrogens is 1110 g/mol. The van der Waals surface area contributed by atoms with E-state index < -0.39 is 56.9 Å². The predicted octanol–water partition coefficient (Wildman–Crippen LogP) is 13.0. The lowest BCUT2D eigenvalue weighted by Crippen LogP contribution is -2.24. The van der Waals surface area contributed by atoms with E-state index >= 15 is 0 Å². The van der Waals surface area contributed by atoms with E-state index in [1.807, 2.05) is 103 Å². The molecule has 0 radical (unpaired) electrons. The second kappa shape index (κ2) is 27.8. The minimum Gasteiger partial charge on any atom is -0.505 e. The van der Waals surface area contributed by atoms with Crippen molar-refractivity contribution in [2.45, 2.75) is 25.2 Å². The quantitative estimate of drug-likeness (QED) is 0.0202. The van der Waals surface area contributed by atoms with Crippen LogP contribution in [0.5, 0.6) is 17.2 Å². The fourth-order valence-electron chi connectivity index (χ4n) is 9.50. The van der Waals surface area contributed by atoms with Crippen LogP contribution in [0.25, 0.3) is 53.9 Å². The van der Waals surface area contributed by atoms with E-state index in [-0.39, 0.29) is 42.6 Å². The van der Waals surface area contributed by atoms with Crippen LogP contribution in [0.15, 0.2) is 194 Å². The number of phenols is 1. The first-order valence-electron chi connectivity index (χ1n) is 26.4. The van der Waals surface area contributed by atoms with Gasteiger partial charge in [0, 0.05) is 16.2 Å². The Morgan fingerprint density at radius 2 is 0.810 bits per heavy atom. The molecule has 0 fully saturated rings. The molecular formula is C64H61N3O15P2. The molecule has 20 heteroatoms. The van der Waals surface area contributed by atoms with Gasteiger partial charge >= 0.3 is 27.1 Å². The lowest BCUT2D eigenvalue weighted by Gasteiger charge is -2.27. The van der Waals surface area contributed by atoms with Gasteiger partial charge in [-0.1, -0.05) is 176 Å².